The number of ether oxygens (including phenoxy) is 1. The average molecular weight is 424 g/mol. The Morgan fingerprint density at radius 1 is 1.06 bits per heavy atom. The molecule has 0 radical (unpaired) electrons. The van der Waals surface area contributed by atoms with Gasteiger partial charge in [0.25, 0.3) is 5.56 Å². The van der Waals surface area contributed by atoms with E-state index in [0.717, 1.165) is 49.5 Å². The number of hydrogen-bond donors (Lipinski definition) is 0. The maximum absolute atomic E-state index is 13.3. The average Bonchev–Trinajstić information content (AvgIpc) is 2.98. The van der Waals surface area contributed by atoms with Gasteiger partial charge in [0, 0.05) is 19.2 Å². The third-order valence-corrected chi connectivity index (χ3v) is 6.49. The number of benzene rings is 2. The molecule has 2 aromatic carbocycles. The summed E-state index contributed by atoms with van der Waals surface area (Å²) in [5, 5.41) is 0. The number of halogens is 1. The Morgan fingerprint density at radius 3 is 2.39 bits per heavy atom. The van der Waals surface area contributed by atoms with Gasteiger partial charge in [-0.2, -0.15) is 0 Å². The minimum Gasteiger partial charge on any atom is -0.496 e. The second-order valence-corrected chi connectivity index (χ2v) is 8.48. The summed E-state index contributed by atoms with van der Waals surface area (Å²) >= 11 is 0. The second kappa shape index (κ2) is 8.71. The largest absolute Gasteiger partial charge is 0.496 e. The highest BCUT2D eigenvalue weighted by molar-refractivity contribution is 5.40. The highest BCUT2D eigenvalue weighted by atomic mass is 19.1. The van der Waals surface area contributed by atoms with E-state index in [4.69, 9.17) is 4.74 Å². The number of rotatable bonds is 5. The number of nitrogens with zero attached hydrogens (tertiary/aromatic N) is 3. The van der Waals surface area contributed by atoms with E-state index in [1.165, 1.54) is 23.3 Å². The van der Waals surface area contributed by atoms with Gasteiger partial charge in [-0.05, 0) is 81.6 Å². The smallest absolute Gasteiger partial charge is 0.274 e. The zero-order valence-electron chi connectivity index (χ0n) is 18.7. The summed E-state index contributed by atoms with van der Waals surface area (Å²) in [6.07, 6.45) is 2.12. The van der Waals surface area contributed by atoms with Crippen LogP contribution < -0.4 is 10.3 Å². The van der Waals surface area contributed by atoms with Gasteiger partial charge in [0.15, 0.2) is 0 Å². The minimum absolute atomic E-state index is 0.0523. The molecule has 164 valence electrons. The van der Waals surface area contributed by atoms with E-state index >= 15 is 0 Å². The summed E-state index contributed by atoms with van der Waals surface area (Å²) in [5.41, 5.74) is 4.92. The third kappa shape index (κ3) is 4.17. The number of likely N-dealkylation sites (tertiary alicyclic amines) is 1. The molecule has 3 aromatic rings. The Kier molecular flexibility index (Phi) is 6.01. The molecule has 1 aromatic heterocycles. The SMILES string of the molecule is COc1ccc(C)cc1C1CCN(Cc2c(C)c(=O)n(-c3ccc(F)cc3)n2C)CC1. The highest BCUT2D eigenvalue weighted by Crippen LogP contribution is 2.35. The molecule has 0 unspecified atom stereocenters. The molecule has 4 rings (SSSR count). The standard InChI is InChI=1S/C25H30FN3O2/c1-17-5-10-24(31-4)22(15-17)19-11-13-28(14-12-19)16-23-18(2)25(30)29(27(23)3)21-8-6-20(26)7-9-21/h5-10,15,19H,11-14,16H2,1-4H3. The maximum Gasteiger partial charge on any atom is 0.274 e. The number of aromatic nitrogens is 2. The fourth-order valence-corrected chi connectivity index (χ4v) is 4.66. The van der Waals surface area contributed by atoms with Crippen molar-refractivity contribution in [3.8, 4) is 11.4 Å². The van der Waals surface area contributed by atoms with E-state index in [9.17, 15) is 9.18 Å². The molecule has 1 saturated heterocycles. The van der Waals surface area contributed by atoms with E-state index in [-0.39, 0.29) is 11.4 Å². The molecule has 1 aliphatic heterocycles. The molecule has 31 heavy (non-hydrogen) atoms. The van der Waals surface area contributed by atoms with Crippen molar-refractivity contribution < 1.29 is 9.13 Å². The van der Waals surface area contributed by atoms with Crippen molar-refractivity contribution >= 4 is 0 Å². The van der Waals surface area contributed by atoms with E-state index < -0.39 is 0 Å². The molecule has 1 aliphatic rings. The Hall–Kier alpha value is -2.86. The summed E-state index contributed by atoms with van der Waals surface area (Å²) in [6.45, 7) is 6.66. The fourth-order valence-electron chi connectivity index (χ4n) is 4.66. The van der Waals surface area contributed by atoms with Gasteiger partial charge in [-0.1, -0.05) is 17.7 Å². The molecule has 1 fully saturated rings. The molecular weight excluding hydrogens is 393 g/mol. The molecule has 6 heteroatoms. The molecule has 5 nitrogen and oxygen atoms in total. The Bertz CT molecular complexity index is 1120. The van der Waals surface area contributed by atoms with Gasteiger partial charge in [0.1, 0.15) is 11.6 Å². The van der Waals surface area contributed by atoms with Crippen LogP contribution in [0.4, 0.5) is 4.39 Å². The first-order valence-corrected chi connectivity index (χ1v) is 10.8. The molecule has 0 amide bonds. The van der Waals surface area contributed by atoms with Gasteiger partial charge in [-0.15, -0.1) is 0 Å². The lowest BCUT2D eigenvalue weighted by molar-refractivity contribution is 0.198. The first-order chi connectivity index (χ1) is 14.9. The Balaban J connectivity index is 1.51. The highest BCUT2D eigenvalue weighted by Gasteiger charge is 2.25. The van der Waals surface area contributed by atoms with Crippen molar-refractivity contribution in [2.24, 2.45) is 7.05 Å². The molecule has 2 heterocycles. The van der Waals surface area contributed by atoms with Crippen LogP contribution in [0.2, 0.25) is 0 Å². The van der Waals surface area contributed by atoms with Gasteiger partial charge >= 0.3 is 0 Å². The van der Waals surface area contributed by atoms with Gasteiger partial charge in [0.05, 0.1) is 18.5 Å². The summed E-state index contributed by atoms with van der Waals surface area (Å²) in [4.78, 5) is 15.3. The molecule has 0 saturated carbocycles. The Labute approximate surface area is 182 Å². The predicted molar refractivity (Wildman–Crippen MR) is 121 cm³/mol. The van der Waals surface area contributed by atoms with Crippen LogP contribution >= 0.6 is 0 Å². The molecule has 0 atom stereocenters. The summed E-state index contributed by atoms with van der Waals surface area (Å²) in [7, 11) is 3.63. The normalized spacial score (nSPS) is 15.4. The molecular formula is C25H30FN3O2. The van der Waals surface area contributed by atoms with Crippen LogP contribution in [0, 0.1) is 19.7 Å². The lowest BCUT2D eigenvalue weighted by atomic mass is 9.88. The van der Waals surface area contributed by atoms with E-state index in [0.29, 0.717) is 11.6 Å². The van der Waals surface area contributed by atoms with Crippen molar-refractivity contribution in [1.82, 2.24) is 14.3 Å². The van der Waals surface area contributed by atoms with Crippen LogP contribution in [0.15, 0.2) is 47.3 Å². The van der Waals surface area contributed by atoms with Crippen LogP contribution in [-0.4, -0.2) is 34.5 Å². The van der Waals surface area contributed by atoms with Crippen molar-refractivity contribution in [3.05, 3.63) is 81.0 Å². The van der Waals surface area contributed by atoms with Crippen LogP contribution in [0.5, 0.6) is 5.75 Å². The monoisotopic (exact) mass is 423 g/mol. The third-order valence-electron chi connectivity index (χ3n) is 6.49. The lowest BCUT2D eigenvalue weighted by Crippen LogP contribution is -2.33. The van der Waals surface area contributed by atoms with Gasteiger partial charge < -0.3 is 4.74 Å². The van der Waals surface area contributed by atoms with Crippen molar-refractivity contribution in [3.63, 3.8) is 0 Å². The molecule has 0 spiro atoms. The van der Waals surface area contributed by atoms with Crippen LogP contribution in [0.1, 0.15) is 41.1 Å². The Morgan fingerprint density at radius 2 is 1.74 bits per heavy atom. The van der Waals surface area contributed by atoms with E-state index in [1.807, 2.05) is 18.7 Å². The lowest BCUT2D eigenvalue weighted by Gasteiger charge is -2.33. The number of aryl methyl sites for hydroxylation is 1. The number of hydrogen-bond acceptors (Lipinski definition) is 3. The topological polar surface area (TPSA) is 39.4 Å². The summed E-state index contributed by atoms with van der Waals surface area (Å²) in [5.74, 6) is 1.15. The quantitative estimate of drug-likeness (QED) is 0.614. The molecule has 0 bridgehead atoms. The van der Waals surface area contributed by atoms with Crippen LogP contribution in [-0.2, 0) is 13.6 Å². The van der Waals surface area contributed by atoms with Gasteiger partial charge in [-0.3, -0.25) is 14.4 Å². The first-order valence-electron chi connectivity index (χ1n) is 10.8. The van der Waals surface area contributed by atoms with Crippen molar-refractivity contribution in [2.45, 2.75) is 39.2 Å². The summed E-state index contributed by atoms with van der Waals surface area (Å²) < 4.78 is 22.4. The van der Waals surface area contributed by atoms with E-state index in [2.05, 4.69) is 30.0 Å². The second-order valence-electron chi connectivity index (χ2n) is 8.48. The van der Waals surface area contributed by atoms with Gasteiger partial charge in [-0.25, -0.2) is 9.07 Å². The number of piperidine rings is 1. The van der Waals surface area contributed by atoms with E-state index in [1.54, 1.807) is 23.9 Å². The van der Waals surface area contributed by atoms with Crippen molar-refractivity contribution in [2.75, 3.05) is 20.2 Å². The van der Waals surface area contributed by atoms with Crippen LogP contribution in [0.3, 0.4) is 0 Å². The molecule has 0 aliphatic carbocycles. The first kappa shape index (κ1) is 21.4. The van der Waals surface area contributed by atoms with Crippen molar-refractivity contribution in [1.29, 1.82) is 0 Å². The number of methoxy groups -OCH3 is 1. The zero-order chi connectivity index (χ0) is 22.1. The summed E-state index contributed by atoms with van der Waals surface area (Å²) in [6, 6.07) is 12.4. The van der Waals surface area contributed by atoms with Gasteiger partial charge in [0.2, 0.25) is 0 Å². The predicted octanol–water partition coefficient (Wildman–Crippen LogP) is 4.32. The van der Waals surface area contributed by atoms with Crippen LogP contribution in [0.25, 0.3) is 5.69 Å². The zero-order valence-corrected chi connectivity index (χ0v) is 18.7. The maximum atomic E-state index is 13.3. The minimum atomic E-state index is -0.309. The molecule has 0 N–H and O–H groups in total. The fraction of sp³-hybridized carbons (Fsp3) is 0.400.